The molecule has 72 heavy (non-hydrogen) atoms. The topological polar surface area (TPSA) is 35.9 Å². The van der Waals surface area contributed by atoms with E-state index >= 15 is 0 Å². The van der Waals surface area contributed by atoms with Gasteiger partial charge >= 0.3 is 0 Å². The molecule has 5 nitrogen and oxygen atoms in total. The molecule has 6 heteroatoms. The SMILES string of the molecule is CCc1cc(-n2c3[c-]c(Oc4[c-]c(-n5[c-][n+](-c6c(-c7ccccc7)cccc6-c6ccccc6)c6ccccc65)ccc4)ccc3c3cc(-c4ccccc4)ccc32)ncc1-c1ccc(C(C)(C)C)cc1.[Pt]. The van der Waals surface area contributed by atoms with Crippen LogP contribution in [0.15, 0.2) is 219 Å². The average Bonchev–Trinajstić information content (AvgIpc) is 3.96. The van der Waals surface area contributed by atoms with E-state index in [-0.39, 0.29) is 26.5 Å². The predicted octanol–water partition coefficient (Wildman–Crippen LogP) is 16.1. The summed E-state index contributed by atoms with van der Waals surface area (Å²) in [5.74, 6) is 1.97. The molecular weight excluding hydrogens is 1060 g/mol. The minimum absolute atomic E-state index is 0. The zero-order chi connectivity index (χ0) is 48.1. The smallest absolute Gasteiger partial charge is 0.268 e. The second-order valence-electron chi connectivity index (χ2n) is 19.1. The molecule has 0 saturated carbocycles. The number of hydrogen-bond donors (Lipinski definition) is 0. The Hall–Kier alpha value is -8.11. The zero-order valence-corrected chi connectivity index (χ0v) is 42.8. The Bertz CT molecular complexity index is 3850. The van der Waals surface area contributed by atoms with Crippen LogP contribution >= 0.6 is 0 Å². The Morgan fingerprint density at radius 1 is 0.528 bits per heavy atom. The van der Waals surface area contributed by atoms with Crippen LogP contribution in [0.4, 0.5) is 0 Å². The number of aromatic nitrogens is 4. The first kappa shape index (κ1) is 46.3. The number of benzene rings is 9. The maximum absolute atomic E-state index is 6.76. The number of pyridine rings is 1. The third-order valence-electron chi connectivity index (χ3n) is 13.6. The van der Waals surface area contributed by atoms with Gasteiger partial charge in [0.15, 0.2) is 0 Å². The monoisotopic (exact) mass is 1110 g/mol. The number of aryl methyl sites for hydroxylation is 1. The molecule has 0 fully saturated rings. The second kappa shape index (κ2) is 19.2. The van der Waals surface area contributed by atoms with Crippen LogP contribution in [0.2, 0.25) is 0 Å². The summed E-state index contributed by atoms with van der Waals surface area (Å²) in [6, 6.07) is 82.0. The van der Waals surface area contributed by atoms with Gasteiger partial charge in [0.2, 0.25) is 0 Å². The minimum atomic E-state index is 0. The van der Waals surface area contributed by atoms with E-state index in [1.165, 1.54) is 16.7 Å². The van der Waals surface area contributed by atoms with Gasteiger partial charge in [-0.15, -0.1) is 29.7 Å². The molecule has 0 atom stereocenters. The molecule has 3 heterocycles. The first-order chi connectivity index (χ1) is 34.8. The van der Waals surface area contributed by atoms with Gasteiger partial charge in [-0.05, 0) is 85.1 Å². The maximum Gasteiger partial charge on any atom is 0.268 e. The van der Waals surface area contributed by atoms with Gasteiger partial charge in [0, 0.05) is 49.8 Å². The van der Waals surface area contributed by atoms with Crippen molar-refractivity contribution < 1.29 is 30.4 Å². The first-order valence-corrected chi connectivity index (χ1v) is 24.3. The van der Waals surface area contributed by atoms with Crippen molar-refractivity contribution in [3.8, 4) is 73.2 Å². The molecule has 0 amide bonds. The molecule has 0 radical (unpaired) electrons. The summed E-state index contributed by atoms with van der Waals surface area (Å²) < 4.78 is 13.3. The molecule has 0 aliphatic heterocycles. The average molecular weight is 1110 g/mol. The molecular formula is C66H50N4OPt-2. The number of hydrogen-bond acceptors (Lipinski definition) is 2. The van der Waals surface area contributed by atoms with Crippen molar-refractivity contribution in [2.24, 2.45) is 0 Å². The fourth-order valence-electron chi connectivity index (χ4n) is 9.98. The van der Waals surface area contributed by atoms with E-state index in [1.54, 1.807) is 0 Å². The van der Waals surface area contributed by atoms with Crippen LogP contribution in [-0.4, -0.2) is 14.1 Å². The van der Waals surface area contributed by atoms with Crippen molar-refractivity contribution in [1.29, 1.82) is 0 Å². The number of imidazole rings is 1. The van der Waals surface area contributed by atoms with Gasteiger partial charge in [-0.3, -0.25) is 4.57 Å². The number of fused-ring (bicyclic) bond motifs is 4. The normalized spacial score (nSPS) is 11.6. The molecule has 0 aliphatic rings. The van der Waals surface area contributed by atoms with Gasteiger partial charge in [0.25, 0.3) is 6.33 Å². The van der Waals surface area contributed by atoms with Crippen LogP contribution < -0.4 is 9.30 Å². The zero-order valence-electron chi connectivity index (χ0n) is 40.5. The number of rotatable bonds is 10. The maximum atomic E-state index is 6.76. The Morgan fingerprint density at radius 3 is 1.82 bits per heavy atom. The summed E-state index contributed by atoms with van der Waals surface area (Å²) in [7, 11) is 0. The standard InChI is InChI=1S/C66H50N4O.Pt/c1-5-45-40-64(67-43-59(45)49-31-34-51(35-32-49)66(2,3)4)70-60-38-33-50(46-19-9-6-10-20-46)39-58(60)57-37-36-54(42-63(57)70)71-53-26-17-25-52(41-53)68-44-69(62-30-16-15-29-61(62)68)65-55(47-21-11-7-12-22-47)27-18-28-56(65)48-23-13-8-14-24-48;/h6-40,43H,5H2,1-4H3;/q-2;. The molecule has 352 valence electrons. The van der Waals surface area contributed by atoms with E-state index in [2.05, 4.69) is 254 Å². The molecule has 0 aliphatic carbocycles. The van der Waals surface area contributed by atoms with E-state index < -0.39 is 0 Å². The van der Waals surface area contributed by atoms with Crippen LogP contribution in [0.3, 0.4) is 0 Å². The summed E-state index contributed by atoms with van der Waals surface area (Å²) in [5, 5.41) is 2.18. The summed E-state index contributed by atoms with van der Waals surface area (Å²) in [6.07, 6.45) is 6.66. The molecule has 12 aromatic rings. The molecule has 0 saturated heterocycles. The van der Waals surface area contributed by atoms with E-state index in [0.717, 1.165) is 95.4 Å². The summed E-state index contributed by atoms with van der Waals surface area (Å²) >= 11 is 0. The van der Waals surface area contributed by atoms with Crippen molar-refractivity contribution in [2.45, 2.75) is 39.5 Å². The largest absolute Gasteiger partial charge is 0.510 e. The first-order valence-electron chi connectivity index (χ1n) is 24.3. The van der Waals surface area contributed by atoms with Crippen LogP contribution in [-0.2, 0) is 32.9 Å². The quantitative estimate of drug-likeness (QED) is 0.101. The molecule has 0 N–H and O–H groups in total. The van der Waals surface area contributed by atoms with E-state index in [1.807, 2.05) is 24.4 Å². The fourth-order valence-corrected chi connectivity index (χ4v) is 9.98. The third kappa shape index (κ3) is 8.54. The minimum Gasteiger partial charge on any atom is -0.510 e. The van der Waals surface area contributed by atoms with Crippen LogP contribution in [0.1, 0.15) is 38.8 Å². The van der Waals surface area contributed by atoms with Gasteiger partial charge in [-0.25, -0.2) is 4.98 Å². The Kier molecular flexibility index (Phi) is 12.4. The Balaban J connectivity index is 0.00000560. The molecule has 3 aromatic heterocycles. The third-order valence-corrected chi connectivity index (χ3v) is 13.6. The van der Waals surface area contributed by atoms with Crippen LogP contribution in [0.5, 0.6) is 11.5 Å². The van der Waals surface area contributed by atoms with Crippen molar-refractivity contribution in [3.63, 3.8) is 0 Å². The predicted molar refractivity (Wildman–Crippen MR) is 290 cm³/mol. The Labute approximate surface area is 435 Å². The molecule has 0 unspecified atom stereocenters. The van der Waals surface area contributed by atoms with Crippen molar-refractivity contribution >= 4 is 32.8 Å². The molecule has 9 aromatic carbocycles. The van der Waals surface area contributed by atoms with Gasteiger partial charge in [0.1, 0.15) is 5.82 Å². The number of nitrogens with zero attached hydrogens (tertiary/aromatic N) is 4. The van der Waals surface area contributed by atoms with Crippen molar-refractivity contribution in [3.05, 3.63) is 248 Å². The summed E-state index contributed by atoms with van der Waals surface area (Å²) in [4.78, 5) is 5.20. The van der Waals surface area contributed by atoms with E-state index in [0.29, 0.717) is 11.5 Å². The van der Waals surface area contributed by atoms with Gasteiger partial charge < -0.3 is 13.9 Å². The second-order valence-corrected chi connectivity index (χ2v) is 19.1. The van der Waals surface area contributed by atoms with Gasteiger partial charge in [0.05, 0.1) is 16.7 Å². The van der Waals surface area contributed by atoms with Crippen molar-refractivity contribution in [2.75, 3.05) is 0 Å². The van der Waals surface area contributed by atoms with E-state index in [9.17, 15) is 0 Å². The molecule has 0 spiro atoms. The molecule has 12 rings (SSSR count). The fraction of sp³-hybridized carbons (Fsp3) is 0.0909. The molecule has 0 bridgehead atoms. The number of para-hydroxylation sites is 3. The summed E-state index contributed by atoms with van der Waals surface area (Å²) in [6.45, 7) is 8.97. The van der Waals surface area contributed by atoms with Crippen LogP contribution in [0, 0.1) is 18.5 Å². The van der Waals surface area contributed by atoms with Gasteiger partial charge in [-0.1, -0.05) is 203 Å². The Morgan fingerprint density at radius 2 is 1.14 bits per heavy atom. The van der Waals surface area contributed by atoms with Crippen LogP contribution in [0.25, 0.3) is 94.5 Å². The van der Waals surface area contributed by atoms with Gasteiger partial charge in [-0.2, -0.15) is 18.2 Å². The van der Waals surface area contributed by atoms with Crippen molar-refractivity contribution in [1.82, 2.24) is 14.1 Å². The summed E-state index contributed by atoms with van der Waals surface area (Å²) in [5.41, 5.74) is 17.5. The van der Waals surface area contributed by atoms with E-state index in [4.69, 9.17) is 9.72 Å². The number of ether oxygens (including phenoxy) is 1.